The number of phenols is 1. The van der Waals surface area contributed by atoms with E-state index < -0.39 is 0 Å². The number of aromatic nitrogens is 1. The third-order valence-corrected chi connectivity index (χ3v) is 4.38. The number of fused-ring (bicyclic) bond motifs is 2. The van der Waals surface area contributed by atoms with E-state index in [-0.39, 0.29) is 5.75 Å². The summed E-state index contributed by atoms with van der Waals surface area (Å²) >= 11 is 1.57. The molecule has 0 saturated carbocycles. The number of phenolic OH excluding ortho intramolecular Hbond substituents is 1. The summed E-state index contributed by atoms with van der Waals surface area (Å²) in [7, 11) is 0. The van der Waals surface area contributed by atoms with Gasteiger partial charge in [0.1, 0.15) is 5.75 Å². The average molecular weight is 277 g/mol. The van der Waals surface area contributed by atoms with E-state index in [4.69, 9.17) is 0 Å². The Bertz CT molecular complexity index is 893. The minimum atomic E-state index is 0.275. The predicted octanol–water partition coefficient (Wildman–Crippen LogP) is 3.84. The van der Waals surface area contributed by atoms with Crippen molar-refractivity contribution in [2.75, 3.05) is 0 Å². The van der Waals surface area contributed by atoms with E-state index in [0.29, 0.717) is 0 Å². The first-order chi connectivity index (χ1) is 9.81. The zero-order chi connectivity index (χ0) is 13.5. The Labute approximate surface area is 120 Å². The summed E-state index contributed by atoms with van der Waals surface area (Å²) in [6.45, 7) is 0. The minimum absolute atomic E-state index is 0.275. The van der Waals surface area contributed by atoms with Gasteiger partial charge in [-0.1, -0.05) is 41.8 Å². The summed E-state index contributed by atoms with van der Waals surface area (Å²) in [5, 5.41) is 13.5. The highest BCUT2D eigenvalue weighted by atomic mass is 32.1. The zero-order valence-corrected chi connectivity index (χ0v) is 11.4. The van der Waals surface area contributed by atoms with Gasteiger partial charge < -0.3 is 5.11 Å². The van der Waals surface area contributed by atoms with Crippen LogP contribution >= 0.6 is 11.5 Å². The third-order valence-electron chi connectivity index (χ3n) is 3.36. The molecule has 0 radical (unpaired) electrons. The van der Waals surface area contributed by atoms with Gasteiger partial charge in [-0.15, -0.1) is 12.1 Å². The van der Waals surface area contributed by atoms with Gasteiger partial charge in [-0.25, -0.2) is 0 Å². The minimum Gasteiger partial charge on any atom is -0.511 e. The largest absolute Gasteiger partial charge is 0.511 e. The summed E-state index contributed by atoms with van der Waals surface area (Å²) in [6.07, 6.45) is 3.29. The molecule has 4 aromatic rings. The van der Waals surface area contributed by atoms with E-state index in [1.807, 2.05) is 52.5 Å². The summed E-state index contributed by atoms with van der Waals surface area (Å²) in [5.41, 5.74) is 0.768. The van der Waals surface area contributed by atoms with Crippen molar-refractivity contribution in [2.24, 2.45) is 0 Å². The maximum atomic E-state index is 10.3. The van der Waals surface area contributed by atoms with Crippen LogP contribution in [0.3, 0.4) is 0 Å². The molecule has 0 bridgehead atoms. The lowest BCUT2D eigenvalue weighted by molar-refractivity contribution is -0.523. The maximum absolute atomic E-state index is 10.3. The highest BCUT2D eigenvalue weighted by Gasteiger charge is 2.12. The van der Waals surface area contributed by atoms with Crippen LogP contribution in [-0.4, -0.2) is 5.11 Å². The molecule has 0 aliphatic heterocycles. The number of rotatable bonds is 1. The molecule has 1 heterocycles. The molecule has 0 fully saturated rings. The van der Waals surface area contributed by atoms with E-state index in [1.54, 1.807) is 17.6 Å². The first-order valence-corrected chi connectivity index (χ1v) is 7.14. The van der Waals surface area contributed by atoms with Gasteiger partial charge in [0, 0.05) is 4.70 Å². The first-order valence-electron chi connectivity index (χ1n) is 6.37. The van der Waals surface area contributed by atoms with Gasteiger partial charge in [-0.05, 0) is 22.9 Å². The van der Waals surface area contributed by atoms with Crippen molar-refractivity contribution in [3.05, 3.63) is 66.9 Å². The normalized spacial score (nSPS) is 11.2. The monoisotopic (exact) mass is 277 g/mol. The Morgan fingerprint density at radius 2 is 1.60 bits per heavy atom. The Kier molecular flexibility index (Phi) is 2.47. The number of benzene rings is 3. The van der Waals surface area contributed by atoms with Crippen LogP contribution in [0.1, 0.15) is 0 Å². The second-order valence-electron chi connectivity index (χ2n) is 4.68. The van der Waals surface area contributed by atoms with Crippen molar-refractivity contribution in [3.63, 3.8) is 0 Å². The van der Waals surface area contributed by atoms with Crippen molar-refractivity contribution in [3.8, 4) is 11.4 Å². The molecule has 3 aromatic carbocycles. The molecule has 20 heavy (non-hydrogen) atoms. The molecule has 0 unspecified atom stereocenters. The van der Waals surface area contributed by atoms with Crippen molar-refractivity contribution in [1.82, 2.24) is 0 Å². The molecule has 0 aliphatic rings. The van der Waals surface area contributed by atoms with Crippen LogP contribution in [-0.2, 0) is 0 Å². The summed E-state index contributed by atoms with van der Waals surface area (Å²) in [6, 6.07) is 19.9. The van der Waals surface area contributed by atoms with Gasteiger partial charge in [-0.3, -0.25) is 0 Å². The molecular weight excluding hydrogens is 266 g/mol. The second-order valence-corrected chi connectivity index (χ2v) is 5.67. The van der Waals surface area contributed by atoms with Crippen LogP contribution in [0.2, 0.25) is 0 Å². The molecule has 3 heteroatoms. The topological polar surface area (TPSA) is 24.1 Å². The van der Waals surface area contributed by atoms with Crippen LogP contribution in [0.15, 0.2) is 60.7 Å². The van der Waals surface area contributed by atoms with Crippen molar-refractivity contribution < 1.29 is 9.06 Å². The van der Waals surface area contributed by atoms with E-state index in [0.717, 1.165) is 26.5 Å². The summed E-state index contributed by atoms with van der Waals surface area (Å²) < 4.78 is 3.05. The Balaban J connectivity index is 1.98. The molecule has 0 atom stereocenters. The van der Waals surface area contributed by atoms with Crippen molar-refractivity contribution in [2.45, 2.75) is 0 Å². The molecular formula is C17H11NOS. The maximum Gasteiger partial charge on any atom is 0.195 e. The fraction of sp³-hybridized carbons (Fsp3) is 0. The SMILES string of the molecule is Oc1cc2ccccc2cc1-[n+]1[c-]c2ccccc2s1. The lowest BCUT2D eigenvalue weighted by Gasteiger charge is -2.03. The quantitative estimate of drug-likeness (QED) is 0.415. The number of hydrogen-bond acceptors (Lipinski definition) is 2. The fourth-order valence-electron chi connectivity index (χ4n) is 2.36. The highest BCUT2D eigenvalue weighted by molar-refractivity contribution is 7.09. The molecule has 0 aliphatic carbocycles. The summed E-state index contributed by atoms with van der Waals surface area (Å²) in [4.78, 5) is 0. The lowest BCUT2D eigenvalue weighted by atomic mass is 10.1. The molecule has 0 saturated heterocycles. The van der Waals surface area contributed by atoms with Crippen LogP contribution < -0.4 is 3.96 Å². The van der Waals surface area contributed by atoms with Gasteiger partial charge >= 0.3 is 0 Å². The van der Waals surface area contributed by atoms with Gasteiger partial charge in [0.15, 0.2) is 11.9 Å². The molecule has 1 N–H and O–H groups in total. The van der Waals surface area contributed by atoms with Crippen LogP contribution in [0.5, 0.6) is 5.75 Å². The number of aromatic hydroxyl groups is 1. The fourth-order valence-corrected chi connectivity index (χ4v) is 3.29. The molecule has 1 aromatic heterocycles. The van der Waals surface area contributed by atoms with E-state index in [2.05, 4.69) is 12.3 Å². The van der Waals surface area contributed by atoms with Gasteiger partial charge in [0.05, 0.1) is 11.5 Å². The predicted molar refractivity (Wildman–Crippen MR) is 81.4 cm³/mol. The van der Waals surface area contributed by atoms with Crippen LogP contribution in [0.25, 0.3) is 26.5 Å². The average Bonchev–Trinajstić information content (AvgIpc) is 2.90. The highest BCUT2D eigenvalue weighted by Crippen LogP contribution is 2.27. The first kappa shape index (κ1) is 11.4. The third kappa shape index (κ3) is 1.75. The lowest BCUT2D eigenvalue weighted by Crippen LogP contribution is -2.24. The van der Waals surface area contributed by atoms with Gasteiger partial charge in [0.2, 0.25) is 0 Å². The van der Waals surface area contributed by atoms with Crippen LogP contribution in [0, 0.1) is 6.20 Å². The Morgan fingerprint density at radius 1 is 0.900 bits per heavy atom. The van der Waals surface area contributed by atoms with Crippen LogP contribution in [0.4, 0.5) is 0 Å². The van der Waals surface area contributed by atoms with Gasteiger partial charge in [0.25, 0.3) is 0 Å². The van der Waals surface area contributed by atoms with Crippen molar-refractivity contribution >= 4 is 32.4 Å². The van der Waals surface area contributed by atoms with E-state index in [1.165, 1.54) is 0 Å². The number of hydrogen-bond donors (Lipinski definition) is 1. The Morgan fingerprint density at radius 3 is 2.40 bits per heavy atom. The standard InChI is InChI=1S/C17H11NOS/c19-16-10-13-6-2-1-5-12(13)9-15(16)18-11-14-7-3-4-8-17(14)20-18/h1-10,19H. The molecule has 0 amide bonds. The molecule has 0 spiro atoms. The summed E-state index contributed by atoms with van der Waals surface area (Å²) in [5.74, 6) is 0.275. The molecule has 4 rings (SSSR count). The van der Waals surface area contributed by atoms with Gasteiger partial charge in [-0.2, -0.15) is 3.96 Å². The Hall–Kier alpha value is -2.39. The van der Waals surface area contributed by atoms with E-state index >= 15 is 0 Å². The van der Waals surface area contributed by atoms with E-state index in [9.17, 15) is 5.11 Å². The van der Waals surface area contributed by atoms with Crippen molar-refractivity contribution in [1.29, 1.82) is 0 Å². The zero-order valence-electron chi connectivity index (χ0n) is 10.6. The molecule has 96 valence electrons. The molecule has 2 nitrogen and oxygen atoms in total. The smallest absolute Gasteiger partial charge is 0.195 e. The number of nitrogens with zero attached hydrogens (tertiary/aromatic N) is 1. The second kappa shape index (κ2) is 4.32.